The first-order chi connectivity index (χ1) is 14.0. The second-order valence-corrected chi connectivity index (χ2v) is 9.01. The molecule has 6 nitrogen and oxygen atoms in total. The summed E-state index contributed by atoms with van der Waals surface area (Å²) in [4.78, 5) is 12.2. The van der Waals surface area contributed by atoms with Crippen LogP contribution < -0.4 is 10.1 Å². The molecule has 30 heavy (non-hydrogen) atoms. The van der Waals surface area contributed by atoms with Gasteiger partial charge in [-0.05, 0) is 47.7 Å². The van der Waals surface area contributed by atoms with E-state index < -0.39 is 22.7 Å². The number of nitrogens with one attached hydrogen (secondary N) is 1. The molecule has 0 fully saturated rings. The summed E-state index contributed by atoms with van der Waals surface area (Å²) in [5.74, 6) is -0.545. The average Bonchev–Trinajstić information content (AvgIpc) is 2.66. The van der Waals surface area contributed by atoms with Gasteiger partial charge in [0.1, 0.15) is 11.6 Å². The largest absolute Gasteiger partial charge is 0.484 e. The Morgan fingerprint density at radius 2 is 1.97 bits per heavy atom. The van der Waals surface area contributed by atoms with Gasteiger partial charge in [-0.3, -0.25) is 4.79 Å². The topological polar surface area (TPSA) is 77.0 Å². The van der Waals surface area contributed by atoms with Crippen LogP contribution in [0.4, 0.5) is 10.1 Å². The quantitative estimate of drug-likeness (QED) is 0.569. The number of ether oxygens (including phenoxy) is 1. The predicted octanol–water partition coefficient (Wildman–Crippen LogP) is 5.37. The normalized spacial score (nSPS) is 13.7. The van der Waals surface area contributed by atoms with Gasteiger partial charge in [-0.25, -0.2) is 4.39 Å². The molecular weight excluding hydrogens is 431 g/mol. The Bertz CT molecular complexity index is 1000. The summed E-state index contributed by atoms with van der Waals surface area (Å²) in [5, 5.41) is 3.31. The number of hydrogen-bond donors (Lipinski definition) is 1. The number of amides is 1. The Balaban J connectivity index is 1.97. The van der Waals surface area contributed by atoms with Crippen LogP contribution in [0.1, 0.15) is 44.9 Å². The third kappa shape index (κ3) is 6.68. The van der Waals surface area contributed by atoms with Gasteiger partial charge < -0.3 is 22.8 Å². The van der Waals surface area contributed by atoms with E-state index in [9.17, 15) is 13.4 Å². The van der Waals surface area contributed by atoms with E-state index in [1.807, 2.05) is 6.07 Å². The van der Waals surface area contributed by atoms with Crippen molar-refractivity contribution in [3.05, 3.63) is 58.4 Å². The summed E-state index contributed by atoms with van der Waals surface area (Å²) >= 11 is 6.31. The van der Waals surface area contributed by atoms with Crippen LogP contribution in [0.25, 0.3) is 0 Å². The van der Waals surface area contributed by atoms with Crippen molar-refractivity contribution in [1.82, 2.24) is 5.32 Å². The zero-order valence-electron chi connectivity index (χ0n) is 17.5. The molecule has 0 aliphatic rings. The summed E-state index contributed by atoms with van der Waals surface area (Å²) in [6.07, 6.45) is 0. The molecule has 0 radical (unpaired) electrons. The van der Waals surface area contributed by atoms with Crippen molar-refractivity contribution < 1.29 is 22.3 Å². The first-order valence-electron chi connectivity index (χ1n) is 9.21. The molecule has 1 amide bonds. The SMILES string of the molecule is CO[S-](=O)=Nc1ccc([C@@H](C)NC(=O)COc2ccc(C(C)(C)C)c(Cl)c2)cc1F. The van der Waals surface area contributed by atoms with Gasteiger partial charge in [-0.2, -0.15) is 0 Å². The van der Waals surface area contributed by atoms with Crippen LogP contribution in [0.2, 0.25) is 5.02 Å². The minimum atomic E-state index is -1.95. The number of nitrogens with zero attached hydrogens (tertiary/aromatic N) is 1. The fourth-order valence-electron chi connectivity index (χ4n) is 2.69. The van der Waals surface area contributed by atoms with Crippen LogP contribution >= 0.6 is 11.6 Å². The fraction of sp³-hybridized carbons (Fsp3) is 0.381. The Morgan fingerprint density at radius 3 is 2.53 bits per heavy atom. The minimum Gasteiger partial charge on any atom is -0.484 e. The molecule has 2 rings (SSSR count). The van der Waals surface area contributed by atoms with Crippen LogP contribution in [0, 0.1) is 5.82 Å². The van der Waals surface area contributed by atoms with Gasteiger partial charge in [0.05, 0.1) is 11.7 Å². The maximum absolute atomic E-state index is 14.1. The van der Waals surface area contributed by atoms with Crippen LogP contribution in [-0.4, -0.2) is 19.6 Å². The molecule has 9 heteroatoms. The number of halogens is 2. The van der Waals surface area contributed by atoms with Crippen molar-refractivity contribution >= 4 is 34.1 Å². The first kappa shape index (κ1) is 24.1. The number of carbonyl (C=O) groups is 1. The summed E-state index contributed by atoms with van der Waals surface area (Å²) in [7, 11) is -0.748. The summed E-state index contributed by atoms with van der Waals surface area (Å²) in [5.41, 5.74) is 1.33. The second kappa shape index (κ2) is 10.2. The zero-order chi connectivity index (χ0) is 22.5. The Morgan fingerprint density at radius 1 is 1.27 bits per heavy atom. The molecule has 164 valence electrons. The maximum Gasteiger partial charge on any atom is 0.258 e. The van der Waals surface area contributed by atoms with Gasteiger partial charge >= 0.3 is 0 Å². The Kier molecular flexibility index (Phi) is 8.23. The Hall–Kier alpha value is -2.16. The third-order valence-corrected chi connectivity index (χ3v) is 5.23. The highest BCUT2D eigenvalue weighted by Gasteiger charge is 2.18. The van der Waals surface area contributed by atoms with E-state index in [2.05, 4.69) is 34.6 Å². The fourth-order valence-corrected chi connectivity index (χ4v) is 3.53. The zero-order valence-corrected chi connectivity index (χ0v) is 19.1. The first-order valence-corrected chi connectivity index (χ1v) is 10.6. The van der Waals surface area contributed by atoms with Gasteiger partial charge in [0.15, 0.2) is 6.61 Å². The lowest BCUT2D eigenvalue weighted by Gasteiger charge is -2.21. The lowest BCUT2D eigenvalue weighted by atomic mass is 9.87. The third-order valence-electron chi connectivity index (χ3n) is 4.28. The van der Waals surface area contributed by atoms with E-state index in [0.29, 0.717) is 16.3 Å². The highest BCUT2D eigenvalue weighted by molar-refractivity contribution is 7.69. The lowest BCUT2D eigenvalue weighted by molar-refractivity contribution is -0.123. The van der Waals surface area contributed by atoms with Crippen molar-refractivity contribution in [2.45, 2.75) is 39.2 Å². The van der Waals surface area contributed by atoms with Crippen LogP contribution in [0.5, 0.6) is 5.75 Å². The van der Waals surface area contributed by atoms with Gasteiger partial charge in [0, 0.05) is 12.1 Å². The molecule has 0 saturated heterocycles. The molecule has 0 heterocycles. The van der Waals surface area contributed by atoms with E-state index >= 15 is 0 Å². The molecule has 0 aliphatic heterocycles. The molecule has 1 atom stereocenters. The molecular formula is C21H25ClFN2O4S-. The molecule has 0 aromatic heterocycles. The number of hydrogen-bond acceptors (Lipinski definition) is 6. The average molecular weight is 456 g/mol. The second-order valence-electron chi connectivity index (χ2n) is 7.66. The van der Waals surface area contributed by atoms with Crippen molar-refractivity contribution in [1.29, 1.82) is 0 Å². The molecule has 0 bridgehead atoms. The molecule has 0 unspecified atom stereocenters. The van der Waals surface area contributed by atoms with Crippen LogP contribution in [0.3, 0.4) is 0 Å². The van der Waals surface area contributed by atoms with Gasteiger partial charge in [0.25, 0.3) is 5.91 Å². The summed E-state index contributed by atoms with van der Waals surface area (Å²) in [6, 6.07) is 9.05. The lowest BCUT2D eigenvalue weighted by Crippen LogP contribution is -2.31. The molecule has 2 aromatic rings. The summed E-state index contributed by atoms with van der Waals surface area (Å²) in [6.45, 7) is 7.68. The maximum atomic E-state index is 14.1. The van der Waals surface area contributed by atoms with Crippen LogP contribution in [0.15, 0.2) is 40.8 Å². The van der Waals surface area contributed by atoms with E-state index in [1.54, 1.807) is 25.1 Å². The molecule has 1 N–H and O–H groups in total. The number of carbonyl (C=O) groups excluding carboxylic acids is 1. The van der Waals surface area contributed by atoms with E-state index in [1.165, 1.54) is 19.2 Å². The number of rotatable bonds is 7. The number of benzene rings is 2. The monoisotopic (exact) mass is 455 g/mol. The van der Waals surface area contributed by atoms with E-state index in [4.69, 9.17) is 16.3 Å². The van der Waals surface area contributed by atoms with Gasteiger partial charge in [-0.1, -0.05) is 55.4 Å². The Labute approximate surface area is 183 Å². The van der Waals surface area contributed by atoms with Gasteiger partial charge in [-0.15, -0.1) is 0 Å². The molecule has 2 aromatic carbocycles. The van der Waals surface area contributed by atoms with Crippen molar-refractivity contribution in [2.75, 3.05) is 13.7 Å². The van der Waals surface area contributed by atoms with Crippen molar-refractivity contribution in [3.63, 3.8) is 0 Å². The highest BCUT2D eigenvalue weighted by Crippen LogP contribution is 2.32. The standard InChI is InChI=1S/C21H25ClFN2O4S/c1-13(14-6-9-19(18(23)10-14)25-30(27)28-5)24-20(26)12-29-15-7-8-16(17(22)11-15)21(2,3)4/h6-11,13H,12H2,1-5H3,(H,24,26)/q-1/t13-/m1/s1. The predicted molar refractivity (Wildman–Crippen MR) is 116 cm³/mol. The molecule has 0 aliphatic carbocycles. The highest BCUT2D eigenvalue weighted by atomic mass is 35.5. The minimum absolute atomic E-state index is 0.0867. The molecule has 0 spiro atoms. The smallest absolute Gasteiger partial charge is 0.258 e. The summed E-state index contributed by atoms with van der Waals surface area (Å²) < 4.78 is 39.0. The van der Waals surface area contributed by atoms with E-state index in [0.717, 1.165) is 5.56 Å². The van der Waals surface area contributed by atoms with Crippen molar-refractivity contribution in [2.24, 2.45) is 4.36 Å². The van der Waals surface area contributed by atoms with Gasteiger partial charge in [0.2, 0.25) is 0 Å². The van der Waals surface area contributed by atoms with Crippen molar-refractivity contribution in [3.8, 4) is 5.75 Å². The van der Waals surface area contributed by atoms with Crippen LogP contribution in [-0.2, 0) is 29.5 Å². The molecule has 0 saturated carbocycles. The van der Waals surface area contributed by atoms with E-state index in [-0.39, 0.29) is 23.6 Å².